The van der Waals surface area contributed by atoms with E-state index in [9.17, 15) is 9.59 Å². The predicted molar refractivity (Wildman–Crippen MR) is 112 cm³/mol. The Morgan fingerprint density at radius 3 is 2.48 bits per heavy atom. The lowest BCUT2D eigenvalue weighted by atomic mass is 10.1. The van der Waals surface area contributed by atoms with Crippen molar-refractivity contribution in [2.45, 2.75) is 53.5 Å². The van der Waals surface area contributed by atoms with Gasteiger partial charge in [-0.1, -0.05) is 18.2 Å². The number of nitriles is 1. The standard InChI is InChI=1S/C22H29N5O2/c1-15-8-6-9-16(2)22(15)24-20(28)14-26(5)21(29)11-10-19-17(3)25-27(18(19)4)13-7-12-23/h6,8-9H,7,10-11,13-14H2,1-5H3,(H,24,28). The first kappa shape index (κ1) is 22.2. The first-order valence-electron chi connectivity index (χ1n) is 9.74. The lowest BCUT2D eigenvalue weighted by molar-refractivity contribution is -0.133. The number of likely N-dealkylation sites (N-methyl/N-ethyl adjacent to an activating group) is 1. The number of carbonyl (C=O) groups is 2. The number of hydrogen-bond acceptors (Lipinski definition) is 4. The van der Waals surface area contributed by atoms with Crippen LogP contribution in [0.4, 0.5) is 5.69 Å². The maximum Gasteiger partial charge on any atom is 0.243 e. The third-order valence-corrected chi connectivity index (χ3v) is 5.11. The van der Waals surface area contributed by atoms with Gasteiger partial charge in [-0.3, -0.25) is 14.3 Å². The summed E-state index contributed by atoms with van der Waals surface area (Å²) in [6.45, 7) is 8.32. The highest BCUT2D eigenvalue weighted by Crippen LogP contribution is 2.19. The molecule has 1 N–H and O–H groups in total. The van der Waals surface area contributed by atoms with Gasteiger partial charge in [0.05, 0.1) is 31.3 Å². The minimum absolute atomic E-state index is 0.00596. The Kier molecular flexibility index (Phi) is 7.54. The zero-order chi connectivity index (χ0) is 21.6. The predicted octanol–water partition coefficient (Wildman–Crippen LogP) is 3.06. The van der Waals surface area contributed by atoms with Gasteiger partial charge in [-0.2, -0.15) is 10.4 Å². The maximum absolute atomic E-state index is 12.5. The molecule has 2 aromatic rings. The number of anilines is 1. The molecule has 0 saturated heterocycles. The maximum atomic E-state index is 12.5. The minimum atomic E-state index is -0.213. The third kappa shape index (κ3) is 5.67. The van der Waals surface area contributed by atoms with Gasteiger partial charge in [-0.25, -0.2) is 0 Å². The molecule has 0 atom stereocenters. The average Bonchev–Trinajstić information content (AvgIpc) is 2.94. The van der Waals surface area contributed by atoms with E-state index in [1.807, 2.05) is 50.6 Å². The smallest absolute Gasteiger partial charge is 0.243 e. The van der Waals surface area contributed by atoms with Crippen LogP contribution in [0, 0.1) is 39.0 Å². The summed E-state index contributed by atoms with van der Waals surface area (Å²) in [6, 6.07) is 7.95. The molecular weight excluding hydrogens is 366 g/mol. The van der Waals surface area contributed by atoms with Gasteiger partial charge in [0.2, 0.25) is 11.8 Å². The molecule has 0 aliphatic heterocycles. The topological polar surface area (TPSA) is 91.0 Å². The Morgan fingerprint density at radius 2 is 1.86 bits per heavy atom. The van der Waals surface area contributed by atoms with E-state index in [2.05, 4.69) is 16.5 Å². The van der Waals surface area contributed by atoms with E-state index in [1.54, 1.807) is 7.05 Å². The van der Waals surface area contributed by atoms with Gasteiger partial charge in [0.15, 0.2) is 0 Å². The van der Waals surface area contributed by atoms with E-state index in [0.29, 0.717) is 25.8 Å². The van der Waals surface area contributed by atoms with Crippen LogP contribution in [-0.4, -0.2) is 40.1 Å². The van der Waals surface area contributed by atoms with Crippen molar-refractivity contribution in [3.63, 3.8) is 0 Å². The second-order valence-electron chi connectivity index (χ2n) is 7.35. The number of rotatable bonds is 8. The van der Waals surface area contributed by atoms with E-state index < -0.39 is 0 Å². The molecule has 0 spiro atoms. The van der Waals surface area contributed by atoms with Gasteiger partial charge in [0.1, 0.15) is 0 Å². The lowest BCUT2D eigenvalue weighted by Crippen LogP contribution is -2.35. The second-order valence-corrected chi connectivity index (χ2v) is 7.35. The number of aromatic nitrogens is 2. The van der Waals surface area contributed by atoms with Crippen molar-refractivity contribution in [1.29, 1.82) is 5.26 Å². The number of hydrogen-bond donors (Lipinski definition) is 1. The van der Waals surface area contributed by atoms with E-state index in [0.717, 1.165) is 33.8 Å². The fourth-order valence-electron chi connectivity index (χ4n) is 3.39. The number of aryl methyl sites for hydroxylation is 4. The fraction of sp³-hybridized carbons (Fsp3) is 0.455. The van der Waals surface area contributed by atoms with Gasteiger partial charge in [0, 0.05) is 24.8 Å². The molecule has 0 unspecified atom stereocenters. The Hall–Kier alpha value is -3.14. The van der Waals surface area contributed by atoms with Crippen LogP contribution >= 0.6 is 0 Å². The lowest BCUT2D eigenvalue weighted by Gasteiger charge is -2.18. The van der Waals surface area contributed by atoms with Crippen LogP contribution in [-0.2, 0) is 22.6 Å². The fourth-order valence-corrected chi connectivity index (χ4v) is 3.39. The number of carbonyl (C=O) groups excluding carboxylic acids is 2. The zero-order valence-electron chi connectivity index (χ0n) is 17.9. The Bertz CT molecular complexity index is 919. The van der Waals surface area contributed by atoms with Crippen molar-refractivity contribution in [3.05, 3.63) is 46.3 Å². The molecule has 0 bridgehead atoms. The molecule has 7 nitrogen and oxygen atoms in total. The highest BCUT2D eigenvalue weighted by Gasteiger charge is 2.17. The molecule has 1 aromatic heterocycles. The number of nitrogens with zero attached hydrogens (tertiary/aromatic N) is 4. The van der Waals surface area contributed by atoms with Crippen molar-refractivity contribution >= 4 is 17.5 Å². The average molecular weight is 396 g/mol. The van der Waals surface area contributed by atoms with Crippen LogP contribution in [0.15, 0.2) is 18.2 Å². The van der Waals surface area contributed by atoms with Gasteiger partial charge in [-0.15, -0.1) is 0 Å². The quantitative estimate of drug-likeness (QED) is 0.744. The summed E-state index contributed by atoms with van der Waals surface area (Å²) >= 11 is 0. The number of amides is 2. The van der Waals surface area contributed by atoms with Gasteiger partial charge >= 0.3 is 0 Å². The second kappa shape index (κ2) is 9.87. The zero-order valence-corrected chi connectivity index (χ0v) is 17.9. The van der Waals surface area contributed by atoms with E-state index >= 15 is 0 Å². The van der Waals surface area contributed by atoms with Crippen molar-refractivity contribution in [2.24, 2.45) is 0 Å². The largest absolute Gasteiger partial charge is 0.336 e. The third-order valence-electron chi connectivity index (χ3n) is 5.11. The molecule has 1 heterocycles. The number of benzene rings is 1. The summed E-state index contributed by atoms with van der Waals surface area (Å²) in [5.74, 6) is -0.305. The summed E-state index contributed by atoms with van der Waals surface area (Å²) in [7, 11) is 1.64. The molecule has 0 saturated carbocycles. The van der Waals surface area contributed by atoms with Gasteiger partial charge < -0.3 is 10.2 Å². The summed E-state index contributed by atoms with van der Waals surface area (Å²) in [6.07, 6.45) is 1.27. The van der Waals surface area contributed by atoms with Crippen molar-refractivity contribution in [3.8, 4) is 6.07 Å². The molecule has 29 heavy (non-hydrogen) atoms. The molecular formula is C22H29N5O2. The van der Waals surface area contributed by atoms with Crippen molar-refractivity contribution in [1.82, 2.24) is 14.7 Å². The van der Waals surface area contributed by atoms with Crippen LogP contribution in [0.2, 0.25) is 0 Å². The molecule has 1 aromatic carbocycles. The SMILES string of the molecule is Cc1cccc(C)c1NC(=O)CN(C)C(=O)CCc1c(C)nn(CCC#N)c1C. The molecule has 7 heteroatoms. The van der Waals surface area contributed by atoms with E-state index in [-0.39, 0.29) is 18.4 Å². The Morgan fingerprint density at radius 1 is 1.21 bits per heavy atom. The first-order chi connectivity index (χ1) is 13.7. The van der Waals surface area contributed by atoms with Crippen LogP contribution in [0.5, 0.6) is 0 Å². The van der Waals surface area contributed by atoms with Gasteiger partial charge in [0.25, 0.3) is 0 Å². The van der Waals surface area contributed by atoms with Crippen molar-refractivity contribution < 1.29 is 9.59 Å². The Balaban J connectivity index is 1.92. The first-order valence-corrected chi connectivity index (χ1v) is 9.74. The normalized spacial score (nSPS) is 10.5. The molecule has 154 valence electrons. The number of para-hydroxylation sites is 1. The number of nitrogens with one attached hydrogen (secondary N) is 1. The highest BCUT2D eigenvalue weighted by atomic mass is 16.2. The molecule has 2 amide bonds. The summed E-state index contributed by atoms with van der Waals surface area (Å²) < 4.78 is 1.82. The van der Waals surface area contributed by atoms with Crippen LogP contribution < -0.4 is 5.32 Å². The molecule has 0 radical (unpaired) electrons. The van der Waals surface area contributed by atoms with E-state index in [4.69, 9.17) is 5.26 Å². The summed E-state index contributed by atoms with van der Waals surface area (Å²) in [5, 5.41) is 16.1. The molecule has 2 rings (SSSR count). The molecule has 0 aliphatic carbocycles. The van der Waals surface area contributed by atoms with Gasteiger partial charge in [-0.05, 0) is 50.8 Å². The Labute approximate surface area is 172 Å². The monoisotopic (exact) mass is 395 g/mol. The van der Waals surface area contributed by atoms with Crippen LogP contribution in [0.3, 0.4) is 0 Å². The van der Waals surface area contributed by atoms with Crippen LogP contribution in [0.25, 0.3) is 0 Å². The summed E-state index contributed by atoms with van der Waals surface area (Å²) in [5.41, 5.74) is 5.68. The van der Waals surface area contributed by atoms with Crippen molar-refractivity contribution in [2.75, 3.05) is 18.9 Å². The van der Waals surface area contributed by atoms with E-state index in [1.165, 1.54) is 4.90 Å². The minimum Gasteiger partial charge on any atom is -0.336 e. The highest BCUT2D eigenvalue weighted by molar-refractivity contribution is 5.95. The van der Waals surface area contributed by atoms with Crippen LogP contribution in [0.1, 0.15) is 40.9 Å². The molecule has 0 fully saturated rings. The molecule has 0 aliphatic rings. The summed E-state index contributed by atoms with van der Waals surface area (Å²) in [4.78, 5) is 26.3.